The van der Waals surface area contributed by atoms with Crippen molar-refractivity contribution in [3.05, 3.63) is 71.8 Å². The second-order valence-corrected chi connectivity index (χ2v) is 5.79. The lowest BCUT2D eigenvalue weighted by Crippen LogP contribution is -2.49. The van der Waals surface area contributed by atoms with Gasteiger partial charge in [0.25, 0.3) is 0 Å². The van der Waals surface area contributed by atoms with Gasteiger partial charge >= 0.3 is 0 Å². The van der Waals surface area contributed by atoms with Crippen molar-refractivity contribution in [2.75, 3.05) is 20.6 Å². The zero-order chi connectivity index (χ0) is 16.0. The standard InChI is InChI=1S/C19H24N2O.ClH/c1-19(17-12-8-5-9-13-17,21(3)18(22)15-20-2)14-16-10-6-4-7-11-16;/h4-13,20H,14-15H2,1-3H3;1H. The van der Waals surface area contributed by atoms with Crippen LogP contribution in [-0.2, 0) is 16.8 Å². The summed E-state index contributed by atoms with van der Waals surface area (Å²) in [5.41, 5.74) is 1.99. The maximum Gasteiger partial charge on any atom is 0.236 e. The lowest BCUT2D eigenvalue weighted by molar-refractivity contribution is -0.134. The number of benzene rings is 2. The van der Waals surface area contributed by atoms with Gasteiger partial charge in [-0.05, 0) is 31.5 Å². The Balaban J connectivity index is 0.00000264. The van der Waals surface area contributed by atoms with Crippen LogP contribution in [0.25, 0.3) is 0 Å². The molecule has 0 bridgehead atoms. The molecule has 0 spiro atoms. The first-order valence-corrected chi connectivity index (χ1v) is 7.58. The molecule has 1 unspecified atom stereocenters. The number of amides is 1. The van der Waals surface area contributed by atoms with Crippen molar-refractivity contribution in [1.82, 2.24) is 10.2 Å². The highest BCUT2D eigenvalue weighted by Crippen LogP contribution is 2.31. The van der Waals surface area contributed by atoms with Crippen molar-refractivity contribution < 1.29 is 4.79 Å². The summed E-state index contributed by atoms with van der Waals surface area (Å²) in [5.74, 6) is 0.0878. The monoisotopic (exact) mass is 332 g/mol. The first-order chi connectivity index (χ1) is 10.6. The van der Waals surface area contributed by atoms with E-state index in [0.29, 0.717) is 6.54 Å². The Kier molecular flexibility index (Phi) is 7.27. The van der Waals surface area contributed by atoms with E-state index in [1.807, 2.05) is 48.3 Å². The van der Waals surface area contributed by atoms with Gasteiger partial charge in [-0.15, -0.1) is 12.4 Å². The molecule has 1 atom stereocenters. The molecule has 2 aromatic carbocycles. The van der Waals surface area contributed by atoms with Crippen molar-refractivity contribution in [1.29, 1.82) is 0 Å². The highest BCUT2D eigenvalue weighted by Gasteiger charge is 2.34. The van der Waals surface area contributed by atoms with Gasteiger partial charge in [-0.25, -0.2) is 0 Å². The van der Waals surface area contributed by atoms with Gasteiger partial charge in [0.2, 0.25) is 5.91 Å². The van der Waals surface area contributed by atoms with Gasteiger partial charge in [-0.3, -0.25) is 4.79 Å². The zero-order valence-corrected chi connectivity index (χ0v) is 14.8. The van der Waals surface area contributed by atoms with Crippen LogP contribution in [0.2, 0.25) is 0 Å². The number of rotatable bonds is 6. The maximum absolute atomic E-state index is 12.4. The van der Waals surface area contributed by atoms with Crippen LogP contribution in [0, 0.1) is 0 Å². The van der Waals surface area contributed by atoms with E-state index in [0.717, 1.165) is 12.0 Å². The Morgan fingerprint density at radius 1 is 1.04 bits per heavy atom. The first-order valence-electron chi connectivity index (χ1n) is 7.58. The number of carbonyl (C=O) groups is 1. The van der Waals surface area contributed by atoms with Gasteiger partial charge in [0.1, 0.15) is 0 Å². The number of halogens is 1. The number of nitrogens with zero attached hydrogens (tertiary/aromatic N) is 1. The molecule has 2 aromatic rings. The van der Waals surface area contributed by atoms with E-state index in [1.54, 1.807) is 7.05 Å². The Bertz CT molecular complexity index is 603. The van der Waals surface area contributed by atoms with E-state index >= 15 is 0 Å². The molecular formula is C19H25ClN2O. The fourth-order valence-corrected chi connectivity index (χ4v) is 2.75. The Morgan fingerprint density at radius 3 is 2.09 bits per heavy atom. The third-order valence-electron chi connectivity index (χ3n) is 4.23. The molecule has 4 heteroatoms. The molecule has 1 N–H and O–H groups in total. The quantitative estimate of drug-likeness (QED) is 0.880. The number of carbonyl (C=O) groups excluding carboxylic acids is 1. The molecule has 0 saturated carbocycles. The van der Waals surface area contributed by atoms with Crippen molar-refractivity contribution in [2.45, 2.75) is 18.9 Å². The van der Waals surface area contributed by atoms with E-state index in [9.17, 15) is 4.79 Å². The van der Waals surface area contributed by atoms with Gasteiger partial charge in [0.15, 0.2) is 0 Å². The second-order valence-electron chi connectivity index (χ2n) is 5.79. The summed E-state index contributed by atoms with van der Waals surface area (Å²) in [6.45, 7) is 2.47. The number of hydrogen-bond donors (Lipinski definition) is 1. The summed E-state index contributed by atoms with van der Waals surface area (Å²) in [5, 5.41) is 2.94. The van der Waals surface area contributed by atoms with Crippen LogP contribution in [0.3, 0.4) is 0 Å². The highest BCUT2D eigenvalue weighted by atomic mass is 35.5. The molecule has 0 aliphatic carbocycles. The van der Waals surface area contributed by atoms with Crippen LogP contribution in [0.5, 0.6) is 0 Å². The van der Waals surface area contributed by atoms with Crippen LogP contribution in [0.1, 0.15) is 18.1 Å². The smallest absolute Gasteiger partial charge is 0.236 e. The lowest BCUT2D eigenvalue weighted by Gasteiger charge is -2.40. The predicted molar refractivity (Wildman–Crippen MR) is 97.9 cm³/mol. The van der Waals surface area contributed by atoms with Gasteiger partial charge in [0, 0.05) is 7.05 Å². The van der Waals surface area contributed by atoms with Gasteiger partial charge in [0.05, 0.1) is 12.1 Å². The molecule has 124 valence electrons. The summed E-state index contributed by atoms with van der Waals surface area (Å²) in [6, 6.07) is 20.5. The Labute approximate surface area is 145 Å². The molecule has 0 aliphatic heterocycles. The number of nitrogens with one attached hydrogen (secondary N) is 1. The van der Waals surface area contributed by atoms with Crippen molar-refractivity contribution in [2.24, 2.45) is 0 Å². The van der Waals surface area contributed by atoms with Gasteiger partial charge < -0.3 is 10.2 Å². The Hall–Kier alpha value is -1.84. The molecule has 0 saturated heterocycles. The van der Waals surface area contributed by atoms with Crippen LogP contribution < -0.4 is 5.32 Å². The molecule has 0 fully saturated rings. The molecule has 3 nitrogen and oxygen atoms in total. The minimum absolute atomic E-state index is 0. The summed E-state index contributed by atoms with van der Waals surface area (Å²) in [4.78, 5) is 14.3. The first kappa shape index (κ1) is 19.2. The minimum atomic E-state index is -0.378. The maximum atomic E-state index is 12.4. The average Bonchev–Trinajstić information content (AvgIpc) is 2.56. The number of likely N-dealkylation sites (N-methyl/N-ethyl adjacent to an activating group) is 2. The van der Waals surface area contributed by atoms with Gasteiger partial charge in [-0.1, -0.05) is 60.7 Å². The van der Waals surface area contributed by atoms with Crippen LogP contribution >= 0.6 is 12.4 Å². The third kappa shape index (κ3) is 4.57. The molecule has 23 heavy (non-hydrogen) atoms. The normalized spacial score (nSPS) is 12.8. The summed E-state index contributed by atoms with van der Waals surface area (Å²) >= 11 is 0. The largest absolute Gasteiger partial charge is 0.335 e. The molecular weight excluding hydrogens is 308 g/mol. The zero-order valence-electron chi connectivity index (χ0n) is 14.0. The fraction of sp³-hybridized carbons (Fsp3) is 0.316. The van der Waals surface area contributed by atoms with Crippen molar-refractivity contribution >= 4 is 18.3 Å². The van der Waals surface area contributed by atoms with Gasteiger partial charge in [-0.2, -0.15) is 0 Å². The molecule has 2 rings (SSSR count). The molecule has 0 radical (unpaired) electrons. The third-order valence-corrected chi connectivity index (χ3v) is 4.23. The number of hydrogen-bond acceptors (Lipinski definition) is 2. The summed E-state index contributed by atoms with van der Waals surface area (Å²) in [7, 11) is 3.68. The molecule has 0 aliphatic rings. The van der Waals surface area contributed by atoms with E-state index in [1.165, 1.54) is 5.56 Å². The Morgan fingerprint density at radius 2 is 1.57 bits per heavy atom. The van der Waals surface area contributed by atoms with E-state index in [4.69, 9.17) is 0 Å². The highest BCUT2D eigenvalue weighted by molar-refractivity contribution is 5.85. The van der Waals surface area contributed by atoms with Crippen molar-refractivity contribution in [3.63, 3.8) is 0 Å². The summed E-state index contributed by atoms with van der Waals surface area (Å²) in [6.07, 6.45) is 0.782. The molecule has 0 aromatic heterocycles. The average molecular weight is 333 g/mol. The van der Waals surface area contributed by atoms with E-state index in [-0.39, 0.29) is 23.9 Å². The van der Waals surface area contributed by atoms with Crippen LogP contribution in [0.15, 0.2) is 60.7 Å². The topological polar surface area (TPSA) is 32.3 Å². The van der Waals surface area contributed by atoms with Crippen LogP contribution in [-0.4, -0.2) is 31.4 Å². The lowest BCUT2D eigenvalue weighted by atomic mass is 9.84. The predicted octanol–water partition coefficient (Wildman–Crippen LogP) is 3.24. The molecule has 1 amide bonds. The second kappa shape index (κ2) is 8.70. The van der Waals surface area contributed by atoms with E-state index in [2.05, 4.69) is 36.5 Å². The van der Waals surface area contributed by atoms with E-state index < -0.39 is 0 Å². The SMILES string of the molecule is CNCC(=O)N(C)C(C)(Cc1ccccc1)c1ccccc1.Cl. The minimum Gasteiger partial charge on any atom is -0.335 e. The summed E-state index contributed by atoms with van der Waals surface area (Å²) < 4.78 is 0. The van der Waals surface area contributed by atoms with Crippen LogP contribution in [0.4, 0.5) is 0 Å². The fourth-order valence-electron chi connectivity index (χ4n) is 2.75. The molecule has 0 heterocycles. The van der Waals surface area contributed by atoms with Crippen molar-refractivity contribution in [3.8, 4) is 0 Å².